The molecule has 0 spiro atoms. The van der Waals surface area contributed by atoms with Gasteiger partial charge in [-0.15, -0.1) is 28.1 Å². The molecule has 2 aromatic heterocycles. The number of aromatic nitrogens is 4. The second-order valence-corrected chi connectivity index (χ2v) is 10.8. The van der Waals surface area contributed by atoms with Gasteiger partial charge in [0.25, 0.3) is 5.91 Å². The Morgan fingerprint density at radius 2 is 1.92 bits per heavy atom. The number of thiazole rings is 1. The maximum absolute atomic E-state index is 13.0. The molecule has 2 amide bonds. The number of nitrogens with zero attached hydrogens (tertiary/aromatic N) is 4. The maximum atomic E-state index is 13.0. The lowest BCUT2D eigenvalue weighted by atomic mass is 10.0. The minimum Gasteiger partial charge on any atom is -0.342 e. The van der Waals surface area contributed by atoms with Gasteiger partial charge >= 0.3 is 0 Å². The van der Waals surface area contributed by atoms with E-state index in [1.54, 1.807) is 12.1 Å². The zero-order chi connectivity index (χ0) is 27.1. The molecule has 0 unspecified atom stereocenters. The number of hydrogen-bond acceptors (Lipinski definition) is 7. The van der Waals surface area contributed by atoms with Crippen molar-refractivity contribution in [1.29, 1.82) is 0 Å². The second-order valence-electron chi connectivity index (χ2n) is 9.05. The summed E-state index contributed by atoms with van der Waals surface area (Å²) in [5.41, 5.74) is 3.42. The quantitative estimate of drug-likeness (QED) is 0.183. The first kappa shape index (κ1) is 27.3. The zero-order valence-electron chi connectivity index (χ0n) is 21.5. The SMILES string of the molecule is C=CCn1c(SCC(=O)Nc2nc(-c3ccccc3)cs2)nnc1[C@@H](NC(=O)c1cccc(C)c1)C(C)C. The second kappa shape index (κ2) is 12.7. The van der Waals surface area contributed by atoms with E-state index in [-0.39, 0.29) is 29.5 Å². The molecule has 0 aliphatic rings. The fourth-order valence-corrected chi connectivity index (χ4v) is 5.33. The summed E-state index contributed by atoms with van der Waals surface area (Å²) in [6, 6.07) is 16.9. The average Bonchev–Trinajstić information content (AvgIpc) is 3.53. The van der Waals surface area contributed by atoms with E-state index in [0.717, 1.165) is 16.8 Å². The van der Waals surface area contributed by atoms with Gasteiger partial charge in [-0.3, -0.25) is 9.59 Å². The van der Waals surface area contributed by atoms with E-state index in [1.165, 1.54) is 23.1 Å². The molecule has 0 fully saturated rings. The Labute approximate surface area is 230 Å². The van der Waals surface area contributed by atoms with Crippen molar-refractivity contribution in [2.45, 2.75) is 38.5 Å². The van der Waals surface area contributed by atoms with Crippen molar-refractivity contribution < 1.29 is 9.59 Å². The van der Waals surface area contributed by atoms with Gasteiger partial charge in [0.1, 0.15) is 0 Å². The van der Waals surface area contributed by atoms with Crippen molar-refractivity contribution in [2.24, 2.45) is 5.92 Å². The summed E-state index contributed by atoms with van der Waals surface area (Å²) in [6.45, 7) is 10.3. The fourth-order valence-electron chi connectivity index (χ4n) is 3.84. The Kier molecular flexibility index (Phi) is 9.09. The normalized spacial score (nSPS) is 11.8. The molecule has 2 N–H and O–H groups in total. The van der Waals surface area contributed by atoms with E-state index in [4.69, 9.17) is 0 Å². The van der Waals surface area contributed by atoms with E-state index < -0.39 is 0 Å². The molecule has 196 valence electrons. The number of hydrogen-bond donors (Lipinski definition) is 2. The molecule has 0 aliphatic carbocycles. The summed E-state index contributed by atoms with van der Waals surface area (Å²) in [6.07, 6.45) is 1.75. The number of carbonyl (C=O) groups excluding carboxylic acids is 2. The molecule has 2 aromatic carbocycles. The van der Waals surface area contributed by atoms with Crippen molar-refractivity contribution in [2.75, 3.05) is 11.1 Å². The maximum Gasteiger partial charge on any atom is 0.251 e. The minimum atomic E-state index is -0.370. The highest BCUT2D eigenvalue weighted by Crippen LogP contribution is 2.27. The zero-order valence-corrected chi connectivity index (χ0v) is 23.2. The number of amides is 2. The molecule has 8 nitrogen and oxygen atoms in total. The van der Waals surface area contributed by atoms with Crippen LogP contribution in [0.4, 0.5) is 5.13 Å². The number of carbonyl (C=O) groups is 2. The van der Waals surface area contributed by atoms with Gasteiger partial charge in [0.2, 0.25) is 5.91 Å². The summed E-state index contributed by atoms with van der Waals surface area (Å²) < 4.78 is 1.89. The van der Waals surface area contributed by atoms with Gasteiger partial charge in [0.05, 0.1) is 17.5 Å². The van der Waals surface area contributed by atoms with Crippen LogP contribution in [0.1, 0.15) is 41.6 Å². The van der Waals surface area contributed by atoms with E-state index in [2.05, 4.69) is 32.4 Å². The first-order valence-corrected chi connectivity index (χ1v) is 14.1. The van der Waals surface area contributed by atoms with Crippen molar-refractivity contribution in [3.8, 4) is 11.3 Å². The number of benzene rings is 2. The minimum absolute atomic E-state index is 0.0568. The third-order valence-electron chi connectivity index (χ3n) is 5.72. The number of allylic oxidation sites excluding steroid dienone is 1. The van der Waals surface area contributed by atoms with E-state index in [0.29, 0.717) is 28.2 Å². The Bertz CT molecular complexity index is 1410. The molecular formula is C28H30N6O2S2. The highest BCUT2D eigenvalue weighted by Gasteiger charge is 2.26. The monoisotopic (exact) mass is 546 g/mol. The summed E-state index contributed by atoms with van der Waals surface area (Å²) in [7, 11) is 0. The molecule has 0 aliphatic heterocycles. The van der Waals surface area contributed by atoms with Crippen LogP contribution in [0.25, 0.3) is 11.3 Å². The van der Waals surface area contributed by atoms with Crippen molar-refractivity contribution in [3.63, 3.8) is 0 Å². The first-order valence-electron chi connectivity index (χ1n) is 12.2. The molecule has 2 heterocycles. The number of thioether (sulfide) groups is 1. The molecule has 0 saturated heterocycles. The summed E-state index contributed by atoms with van der Waals surface area (Å²) >= 11 is 2.66. The number of aryl methyl sites for hydroxylation is 1. The fraction of sp³-hybridized carbons (Fsp3) is 0.250. The molecule has 1 atom stereocenters. The Morgan fingerprint density at radius 1 is 1.13 bits per heavy atom. The molecular weight excluding hydrogens is 516 g/mol. The van der Waals surface area contributed by atoms with Gasteiger partial charge in [0, 0.05) is 23.1 Å². The van der Waals surface area contributed by atoms with Crippen LogP contribution in [-0.2, 0) is 11.3 Å². The number of anilines is 1. The topological polar surface area (TPSA) is 102 Å². The lowest BCUT2D eigenvalue weighted by Crippen LogP contribution is -2.34. The molecule has 0 bridgehead atoms. The molecule has 4 aromatic rings. The van der Waals surface area contributed by atoms with Gasteiger partial charge in [-0.1, -0.05) is 79.7 Å². The van der Waals surface area contributed by atoms with Crippen LogP contribution in [0.15, 0.2) is 77.8 Å². The molecule has 4 rings (SSSR count). The Balaban J connectivity index is 1.44. The number of nitrogens with one attached hydrogen (secondary N) is 2. The average molecular weight is 547 g/mol. The molecule has 0 saturated carbocycles. The standard InChI is InChI=1S/C28H30N6O2S2/c1-5-14-34-25(24(18(2)3)31-26(36)21-13-9-10-19(4)15-21)32-33-28(34)38-17-23(35)30-27-29-22(16-37-27)20-11-7-6-8-12-20/h5-13,15-16,18,24H,1,14,17H2,2-4H3,(H,31,36)(H,29,30,35)/t24-/m0/s1. The predicted octanol–water partition coefficient (Wildman–Crippen LogP) is 5.75. The van der Waals surface area contributed by atoms with Crippen LogP contribution in [0, 0.1) is 12.8 Å². The van der Waals surface area contributed by atoms with E-state index in [9.17, 15) is 9.59 Å². The number of rotatable bonds is 11. The van der Waals surface area contributed by atoms with Crippen LogP contribution >= 0.6 is 23.1 Å². The predicted molar refractivity (Wildman–Crippen MR) is 153 cm³/mol. The van der Waals surface area contributed by atoms with Crippen molar-refractivity contribution in [1.82, 2.24) is 25.1 Å². The van der Waals surface area contributed by atoms with Crippen LogP contribution < -0.4 is 10.6 Å². The first-order chi connectivity index (χ1) is 18.4. The van der Waals surface area contributed by atoms with Crippen molar-refractivity contribution >= 4 is 40.0 Å². The van der Waals surface area contributed by atoms with E-state index >= 15 is 0 Å². The summed E-state index contributed by atoms with van der Waals surface area (Å²) in [4.78, 5) is 30.2. The highest BCUT2D eigenvalue weighted by atomic mass is 32.2. The lowest BCUT2D eigenvalue weighted by Gasteiger charge is -2.22. The van der Waals surface area contributed by atoms with Crippen LogP contribution in [0.3, 0.4) is 0 Å². The van der Waals surface area contributed by atoms with Gasteiger partial charge in [0.15, 0.2) is 16.1 Å². The molecule has 38 heavy (non-hydrogen) atoms. The van der Waals surface area contributed by atoms with E-state index in [1.807, 2.05) is 79.2 Å². The van der Waals surface area contributed by atoms with Crippen LogP contribution in [0.5, 0.6) is 0 Å². The Morgan fingerprint density at radius 3 is 2.63 bits per heavy atom. The van der Waals surface area contributed by atoms with Gasteiger partial charge in [-0.05, 0) is 25.0 Å². The largest absolute Gasteiger partial charge is 0.342 e. The summed E-state index contributed by atoms with van der Waals surface area (Å²) in [5, 5.41) is 17.8. The van der Waals surface area contributed by atoms with Gasteiger partial charge < -0.3 is 15.2 Å². The molecule has 10 heteroatoms. The lowest BCUT2D eigenvalue weighted by molar-refractivity contribution is -0.113. The van der Waals surface area contributed by atoms with Gasteiger partial charge in [-0.2, -0.15) is 0 Å². The third-order valence-corrected chi connectivity index (χ3v) is 7.45. The third kappa shape index (κ3) is 6.76. The Hall–Kier alpha value is -3.76. The van der Waals surface area contributed by atoms with Crippen LogP contribution in [0.2, 0.25) is 0 Å². The smallest absolute Gasteiger partial charge is 0.251 e. The van der Waals surface area contributed by atoms with Crippen molar-refractivity contribution in [3.05, 3.63) is 89.6 Å². The van der Waals surface area contributed by atoms with Gasteiger partial charge in [-0.25, -0.2) is 4.98 Å². The molecule has 0 radical (unpaired) electrons. The highest BCUT2D eigenvalue weighted by molar-refractivity contribution is 7.99. The van der Waals surface area contributed by atoms with Crippen LogP contribution in [-0.4, -0.2) is 37.3 Å². The summed E-state index contributed by atoms with van der Waals surface area (Å²) in [5.74, 6) is 0.453.